The molecule has 0 saturated carbocycles. The number of halogens is 3. The Morgan fingerprint density at radius 1 is 0.307 bits per heavy atom. The van der Waals surface area contributed by atoms with Crippen molar-refractivity contribution in [3.63, 3.8) is 0 Å². The van der Waals surface area contributed by atoms with E-state index in [1.165, 1.54) is 36.4 Å². The summed E-state index contributed by atoms with van der Waals surface area (Å²) in [7, 11) is 0. The van der Waals surface area contributed by atoms with Gasteiger partial charge in [-0.3, -0.25) is 15.0 Å². The van der Waals surface area contributed by atoms with Crippen LogP contribution < -0.4 is 0 Å². The molecule has 0 saturated heterocycles. The molecule has 0 atom stereocenters. The van der Waals surface area contributed by atoms with Crippen LogP contribution in [0.1, 0.15) is 41.6 Å². The Balaban J connectivity index is 0.997. The first kappa shape index (κ1) is 41.5. The molecule has 0 radical (unpaired) electrons. The average Bonchev–Trinajstić information content (AvgIpc) is 3.54. The van der Waals surface area contributed by atoms with E-state index in [0.717, 1.165) is 66.9 Å². The minimum absolute atomic E-state index is 0.127. The van der Waals surface area contributed by atoms with Gasteiger partial charge in [0, 0.05) is 49.1 Å². The maximum absolute atomic E-state index is 16.0. The SMILES string of the molecule is [2H]C([2H])([2H])c1cc(-c2ccc(F)cc2)ncc1CCc1cc(CCc2cnc(-c3ccc(F)cc3)cc2C([2H])([2H])[2H])cc(-c2cc(F)ccc2-c2cnc(-c3ccccc3)cc2-c2ccc(-c3ccc(-c4ccccc4)cc3)cc2)c1. The summed E-state index contributed by atoms with van der Waals surface area (Å²) in [5, 5.41) is 0. The van der Waals surface area contributed by atoms with Crippen LogP contribution in [0.4, 0.5) is 13.2 Å². The summed E-state index contributed by atoms with van der Waals surface area (Å²) in [6.07, 6.45) is 6.26. The van der Waals surface area contributed by atoms with E-state index in [4.69, 9.17) is 13.2 Å². The molecule has 0 N–H and O–H groups in total. The molecule has 11 rings (SSSR count). The summed E-state index contributed by atoms with van der Waals surface area (Å²) in [6, 6.07) is 64.4. The minimum atomic E-state index is -2.49. The number of rotatable bonds is 14. The van der Waals surface area contributed by atoms with Gasteiger partial charge in [0.25, 0.3) is 0 Å². The Bertz CT molecular complexity index is 3890. The highest BCUT2D eigenvalue weighted by Gasteiger charge is 2.19. The number of pyridine rings is 3. The van der Waals surface area contributed by atoms with Crippen molar-refractivity contribution < 1.29 is 21.4 Å². The normalized spacial score (nSPS) is 12.7. The summed E-state index contributed by atoms with van der Waals surface area (Å²) in [4.78, 5) is 14.3. The van der Waals surface area contributed by atoms with Gasteiger partial charge in [-0.15, -0.1) is 0 Å². The summed E-state index contributed by atoms with van der Waals surface area (Å²) in [5.74, 6) is -1.29. The molecule has 75 heavy (non-hydrogen) atoms. The lowest BCUT2D eigenvalue weighted by Gasteiger charge is -2.18. The molecule has 0 bridgehead atoms. The van der Waals surface area contributed by atoms with Gasteiger partial charge in [0.05, 0.1) is 17.1 Å². The molecular formula is C69H52F3N3. The van der Waals surface area contributed by atoms with Gasteiger partial charge >= 0.3 is 0 Å². The number of aromatic nitrogens is 3. The molecule has 3 aromatic heterocycles. The third-order valence-electron chi connectivity index (χ3n) is 13.7. The fraction of sp³-hybridized carbons (Fsp3) is 0.0870. The molecule has 3 nitrogen and oxygen atoms in total. The molecule has 0 spiro atoms. The van der Waals surface area contributed by atoms with Crippen molar-refractivity contribution in [1.82, 2.24) is 15.0 Å². The number of benzene rings is 8. The van der Waals surface area contributed by atoms with Gasteiger partial charge < -0.3 is 0 Å². The third kappa shape index (κ3) is 11.0. The van der Waals surface area contributed by atoms with Crippen LogP contribution in [0.2, 0.25) is 0 Å². The monoisotopic (exact) mass is 985 g/mol. The highest BCUT2D eigenvalue weighted by atomic mass is 19.1. The maximum atomic E-state index is 16.0. The van der Waals surface area contributed by atoms with Crippen LogP contribution in [0.3, 0.4) is 0 Å². The predicted molar refractivity (Wildman–Crippen MR) is 300 cm³/mol. The highest BCUT2D eigenvalue weighted by Crippen LogP contribution is 2.41. The first-order chi connectivity index (χ1) is 39.1. The van der Waals surface area contributed by atoms with Crippen LogP contribution in [0.25, 0.3) is 89.4 Å². The van der Waals surface area contributed by atoms with Crippen LogP contribution in [0.5, 0.6) is 0 Å². The number of hydrogen-bond donors (Lipinski definition) is 0. The molecule has 0 aliphatic rings. The van der Waals surface area contributed by atoms with E-state index < -0.39 is 31.2 Å². The molecule has 0 fully saturated rings. The summed E-state index contributed by atoms with van der Waals surface area (Å²) < 4.78 is 95.0. The van der Waals surface area contributed by atoms with Crippen molar-refractivity contribution in [3.8, 4) is 89.4 Å². The molecule has 0 aliphatic heterocycles. The molecule has 0 unspecified atom stereocenters. The minimum Gasteiger partial charge on any atom is -0.256 e. The average molecular weight is 986 g/mol. The van der Waals surface area contributed by atoms with E-state index in [1.807, 2.05) is 72.9 Å². The molecule has 11 aromatic rings. The van der Waals surface area contributed by atoms with Gasteiger partial charge in [-0.1, -0.05) is 133 Å². The number of hydrogen-bond acceptors (Lipinski definition) is 3. The Morgan fingerprint density at radius 2 is 0.707 bits per heavy atom. The van der Waals surface area contributed by atoms with Crippen LogP contribution in [-0.4, -0.2) is 15.0 Å². The number of aryl methyl sites for hydroxylation is 6. The fourth-order valence-corrected chi connectivity index (χ4v) is 9.68. The third-order valence-corrected chi connectivity index (χ3v) is 13.7. The second-order valence-corrected chi connectivity index (χ2v) is 18.7. The van der Waals surface area contributed by atoms with E-state index in [9.17, 15) is 8.78 Å². The Labute approximate surface area is 445 Å². The second-order valence-electron chi connectivity index (χ2n) is 18.7. The van der Waals surface area contributed by atoms with Crippen LogP contribution >= 0.6 is 0 Å². The first-order valence-electron chi connectivity index (χ1n) is 27.9. The van der Waals surface area contributed by atoms with Gasteiger partial charge in [0.15, 0.2) is 0 Å². The zero-order valence-corrected chi connectivity index (χ0v) is 40.7. The van der Waals surface area contributed by atoms with Crippen molar-refractivity contribution in [2.24, 2.45) is 0 Å². The van der Waals surface area contributed by atoms with Crippen molar-refractivity contribution in [2.75, 3.05) is 0 Å². The van der Waals surface area contributed by atoms with E-state index in [1.54, 1.807) is 54.9 Å². The molecular weight excluding hydrogens is 928 g/mol. The van der Waals surface area contributed by atoms with Crippen LogP contribution in [0, 0.1) is 31.2 Å². The summed E-state index contributed by atoms with van der Waals surface area (Å²) in [5.41, 5.74) is 15.5. The fourth-order valence-electron chi connectivity index (χ4n) is 9.68. The van der Waals surface area contributed by atoms with E-state index in [0.29, 0.717) is 57.6 Å². The van der Waals surface area contributed by atoms with Crippen molar-refractivity contribution >= 4 is 0 Å². The summed E-state index contributed by atoms with van der Waals surface area (Å²) in [6.45, 7) is -4.99. The van der Waals surface area contributed by atoms with Crippen molar-refractivity contribution in [1.29, 1.82) is 0 Å². The maximum Gasteiger partial charge on any atom is 0.123 e. The Morgan fingerprint density at radius 3 is 1.21 bits per heavy atom. The van der Waals surface area contributed by atoms with E-state index in [2.05, 4.69) is 76.7 Å². The van der Waals surface area contributed by atoms with Gasteiger partial charge in [-0.2, -0.15) is 0 Å². The standard InChI is InChI=1S/C69H52F3N3/c1-45-35-67(55-25-29-60(70)30-26-55)73-42-57(45)15-13-47-37-48(14-16-58-43-74-68(36-46(58)2)56-27-31-61(71)32-28-56)39-59(38-47)64-40-62(72)33-34-63(64)66-44-75-69(54-11-7-4-8-12-54)41-65(66)53-23-21-52(22-24-53)51-19-17-50(18-20-51)49-9-5-3-6-10-49/h3-12,17-44H,13-16H2,1-2H3/i1D3,2D3. The van der Waals surface area contributed by atoms with E-state index >= 15 is 4.39 Å². The lowest BCUT2D eigenvalue weighted by molar-refractivity contribution is 0.627. The van der Waals surface area contributed by atoms with Crippen molar-refractivity contribution in [3.05, 3.63) is 282 Å². The van der Waals surface area contributed by atoms with Crippen LogP contribution in [0.15, 0.2) is 231 Å². The Kier molecular flexibility index (Phi) is 11.9. The zero-order valence-electron chi connectivity index (χ0n) is 46.7. The predicted octanol–water partition coefficient (Wildman–Crippen LogP) is 17.8. The highest BCUT2D eigenvalue weighted by molar-refractivity contribution is 5.93. The Hall–Kier alpha value is -9.00. The summed E-state index contributed by atoms with van der Waals surface area (Å²) >= 11 is 0. The molecule has 0 amide bonds. The molecule has 8 aromatic carbocycles. The lowest BCUT2D eigenvalue weighted by Crippen LogP contribution is -2.01. The molecule has 6 heteroatoms. The lowest BCUT2D eigenvalue weighted by atomic mass is 9.87. The smallest absolute Gasteiger partial charge is 0.123 e. The molecule has 364 valence electrons. The van der Waals surface area contributed by atoms with Gasteiger partial charge in [-0.05, 0) is 202 Å². The van der Waals surface area contributed by atoms with Gasteiger partial charge in [0.2, 0.25) is 0 Å². The van der Waals surface area contributed by atoms with Crippen molar-refractivity contribution in [2.45, 2.75) is 39.4 Å². The molecule has 0 aliphatic carbocycles. The number of nitrogens with zero attached hydrogens (tertiary/aromatic N) is 3. The largest absolute Gasteiger partial charge is 0.256 e. The first-order valence-corrected chi connectivity index (χ1v) is 24.9. The van der Waals surface area contributed by atoms with Gasteiger partial charge in [-0.25, -0.2) is 13.2 Å². The zero-order chi connectivity index (χ0) is 56.3. The van der Waals surface area contributed by atoms with Crippen LogP contribution in [-0.2, 0) is 25.7 Å². The van der Waals surface area contributed by atoms with Gasteiger partial charge in [0.1, 0.15) is 17.5 Å². The second kappa shape index (κ2) is 21.6. The molecule has 3 heterocycles. The quantitative estimate of drug-likeness (QED) is 0.109. The van der Waals surface area contributed by atoms with E-state index in [-0.39, 0.29) is 24.0 Å². The topological polar surface area (TPSA) is 38.7 Å².